The van der Waals surface area contributed by atoms with Crippen molar-refractivity contribution in [1.29, 1.82) is 0 Å². The molecule has 0 radical (unpaired) electrons. The van der Waals surface area contributed by atoms with Gasteiger partial charge in [-0.2, -0.15) is 0 Å². The van der Waals surface area contributed by atoms with Crippen LogP contribution in [0, 0.1) is 5.82 Å². The molecule has 4 N–H and O–H groups in total. The van der Waals surface area contributed by atoms with Crippen LogP contribution in [-0.4, -0.2) is 23.9 Å². The van der Waals surface area contributed by atoms with E-state index in [4.69, 9.17) is 10.5 Å². The van der Waals surface area contributed by atoms with Crippen molar-refractivity contribution in [2.24, 2.45) is 0 Å². The van der Waals surface area contributed by atoms with Crippen LogP contribution in [0.4, 0.5) is 15.8 Å². The van der Waals surface area contributed by atoms with E-state index in [2.05, 4.69) is 5.32 Å². The van der Waals surface area contributed by atoms with Gasteiger partial charge in [-0.15, -0.1) is 0 Å². The summed E-state index contributed by atoms with van der Waals surface area (Å²) in [5.74, 6) is -0.278. The second kappa shape index (κ2) is 5.65. The lowest BCUT2D eigenvalue weighted by Crippen LogP contribution is -2.39. The molecule has 0 heterocycles. The molecule has 1 aliphatic rings. The summed E-state index contributed by atoms with van der Waals surface area (Å²) in [5.41, 5.74) is 6.46. The average Bonchev–Trinajstić information content (AvgIpc) is 2.85. The summed E-state index contributed by atoms with van der Waals surface area (Å²) in [5, 5.41) is 12.9. The molecule has 1 aromatic carbocycles. The van der Waals surface area contributed by atoms with E-state index in [0.29, 0.717) is 18.0 Å². The number of nitrogen functional groups attached to an aromatic ring is 1. The highest BCUT2D eigenvalue weighted by Gasteiger charge is 2.33. The Bertz CT molecular complexity index is 445. The van der Waals surface area contributed by atoms with Crippen molar-refractivity contribution in [3.8, 4) is 5.75 Å². The highest BCUT2D eigenvalue weighted by Crippen LogP contribution is 2.36. The van der Waals surface area contributed by atoms with Crippen LogP contribution >= 0.6 is 0 Å². The smallest absolute Gasteiger partial charge is 0.167 e. The molecular formula is C14H21FN2O2. The van der Waals surface area contributed by atoms with Crippen molar-refractivity contribution in [1.82, 2.24) is 0 Å². The number of nitrogens with two attached hydrogens (primary N) is 1. The van der Waals surface area contributed by atoms with E-state index in [1.165, 1.54) is 6.07 Å². The van der Waals surface area contributed by atoms with Gasteiger partial charge in [0.05, 0.1) is 30.1 Å². The lowest BCUT2D eigenvalue weighted by molar-refractivity contribution is 0.214. The summed E-state index contributed by atoms with van der Waals surface area (Å²) >= 11 is 0. The third-order valence-electron chi connectivity index (χ3n) is 3.67. The van der Waals surface area contributed by atoms with Gasteiger partial charge >= 0.3 is 0 Å². The first kappa shape index (κ1) is 13.9. The Labute approximate surface area is 112 Å². The molecule has 0 bridgehead atoms. The summed E-state index contributed by atoms with van der Waals surface area (Å²) in [4.78, 5) is 0. The number of aliphatic hydroxyl groups is 1. The number of anilines is 2. The first-order valence-electron chi connectivity index (χ1n) is 6.71. The van der Waals surface area contributed by atoms with Crippen LogP contribution in [0.2, 0.25) is 0 Å². The lowest BCUT2D eigenvalue weighted by Gasteiger charge is -2.30. The highest BCUT2D eigenvalue weighted by atomic mass is 19.1. The number of hydrogen-bond acceptors (Lipinski definition) is 4. The molecular weight excluding hydrogens is 247 g/mol. The number of halogens is 1. The van der Waals surface area contributed by atoms with Crippen molar-refractivity contribution in [3.05, 3.63) is 17.9 Å². The number of benzene rings is 1. The van der Waals surface area contributed by atoms with E-state index < -0.39 is 5.82 Å². The summed E-state index contributed by atoms with van der Waals surface area (Å²) in [6, 6.07) is 2.83. The van der Waals surface area contributed by atoms with E-state index in [1.807, 2.05) is 0 Å². The molecule has 0 amide bonds. The number of hydrogen-bond donors (Lipinski definition) is 3. The van der Waals surface area contributed by atoms with Gasteiger partial charge in [-0.3, -0.25) is 0 Å². The molecule has 0 aromatic heterocycles. The van der Waals surface area contributed by atoms with E-state index >= 15 is 0 Å². The molecule has 4 nitrogen and oxygen atoms in total. The van der Waals surface area contributed by atoms with E-state index in [1.54, 1.807) is 13.0 Å². The van der Waals surface area contributed by atoms with Gasteiger partial charge in [0.15, 0.2) is 11.6 Å². The van der Waals surface area contributed by atoms with Crippen molar-refractivity contribution >= 4 is 11.4 Å². The largest absolute Gasteiger partial charge is 0.491 e. The summed E-state index contributed by atoms with van der Waals surface area (Å²) < 4.78 is 18.9. The predicted molar refractivity (Wildman–Crippen MR) is 73.9 cm³/mol. The van der Waals surface area contributed by atoms with Crippen LogP contribution < -0.4 is 15.8 Å². The Balaban J connectivity index is 2.26. The van der Waals surface area contributed by atoms with E-state index in [-0.39, 0.29) is 17.9 Å². The second-order valence-corrected chi connectivity index (χ2v) is 5.07. The van der Waals surface area contributed by atoms with Gasteiger partial charge in [0, 0.05) is 12.1 Å². The van der Waals surface area contributed by atoms with Crippen molar-refractivity contribution in [2.45, 2.75) is 38.1 Å². The molecule has 2 rings (SSSR count). The third-order valence-corrected chi connectivity index (χ3v) is 3.67. The molecule has 1 saturated carbocycles. The molecule has 0 aliphatic heterocycles. The SMILES string of the molecule is CCOc1cc(NC2(CO)CCCC2)c(N)cc1F. The minimum absolute atomic E-state index is 0.0494. The zero-order valence-corrected chi connectivity index (χ0v) is 11.2. The lowest BCUT2D eigenvalue weighted by atomic mass is 9.98. The predicted octanol–water partition coefficient (Wildman–Crippen LogP) is 2.52. The topological polar surface area (TPSA) is 67.5 Å². The molecule has 5 heteroatoms. The molecule has 1 aromatic rings. The maximum absolute atomic E-state index is 13.6. The van der Waals surface area contributed by atoms with Gasteiger partial charge in [0.1, 0.15) is 0 Å². The number of aliphatic hydroxyl groups excluding tert-OH is 1. The maximum atomic E-state index is 13.6. The van der Waals surface area contributed by atoms with Gasteiger partial charge in [-0.25, -0.2) is 4.39 Å². The van der Waals surface area contributed by atoms with Crippen LogP contribution in [0.5, 0.6) is 5.75 Å². The molecule has 106 valence electrons. The fourth-order valence-corrected chi connectivity index (χ4v) is 2.60. The summed E-state index contributed by atoms with van der Waals surface area (Å²) in [7, 11) is 0. The first-order valence-corrected chi connectivity index (χ1v) is 6.71. The van der Waals surface area contributed by atoms with Crippen LogP contribution in [0.1, 0.15) is 32.6 Å². The quantitative estimate of drug-likeness (QED) is 0.718. The summed E-state index contributed by atoms with van der Waals surface area (Å²) in [6.45, 7) is 2.24. The van der Waals surface area contributed by atoms with E-state index in [9.17, 15) is 9.50 Å². The molecule has 0 unspecified atom stereocenters. The molecule has 0 saturated heterocycles. The van der Waals surface area contributed by atoms with Gasteiger partial charge in [0.2, 0.25) is 0 Å². The fraction of sp³-hybridized carbons (Fsp3) is 0.571. The second-order valence-electron chi connectivity index (χ2n) is 5.07. The van der Waals surface area contributed by atoms with Crippen molar-refractivity contribution in [2.75, 3.05) is 24.3 Å². The zero-order valence-electron chi connectivity index (χ0n) is 11.2. The van der Waals surface area contributed by atoms with Crippen LogP contribution in [-0.2, 0) is 0 Å². The minimum Gasteiger partial charge on any atom is -0.491 e. The Kier molecular flexibility index (Phi) is 4.14. The average molecular weight is 268 g/mol. The van der Waals surface area contributed by atoms with Gasteiger partial charge < -0.3 is 20.9 Å². The Morgan fingerprint density at radius 2 is 2.11 bits per heavy atom. The highest BCUT2D eigenvalue weighted by molar-refractivity contribution is 5.69. The Morgan fingerprint density at radius 1 is 1.42 bits per heavy atom. The van der Waals surface area contributed by atoms with Crippen LogP contribution in [0.25, 0.3) is 0 Å². The summed E-state index contributed by atoms with van der Waals surface area (Å²) in [6.07, 6.45) is 3.94. The first-order chi connectivity index (χ1) is 9.10. The van der Waals surface area contributed by atoms with E-state index in [0.717, 1.165) is 25.7 Å². The van der Waals surface area contributed by atoms with Gasteiger partial charge in [0.25, 0.3) is 0 Å². The Morgan fingerprint density at radius 3 is 2.68 bits per heavy atom. The van der Waals surface area contributed by atoms with Gasteiger partial charge in [-0.05, 0) is 19.8 Å². The Hall–Kier alpha value is -1.49. The minimum atomic E-state index is -0.464. The monoisotopic (exact) mass is 268 g/mol. The van der Waals surface area contributed by atoms with Crippen LogP contribution in [0.3, 0.4) is 0 Å². The molecule has 1 fully saturated rings. The molecule has 19 heavy (non-hydrogen) atoms. The maximum Gasteiger partial charge on any atom is 0.167 e. The standard InChI is InChI=1S/C14H21FN2O2/c1-2-19-13-8-12(11(16)7-10(13)15)17-14(9-18)5-3-4-6-14/h7-8,17-18H,2-6,9,16H2,1H3. The molecule has 1 aliphatic carbocycles. The number of ether oxygens (including phenoxy) is 1. The normalized spacial score (nSPS) is 17.4. The third kappa shape index (κ3) is 2.92. The van der Waals surface area contributed by atoms with Gasteiger partial charge in [-0.1, -0.05) is 12.8 Å². The van der Waals surface area contributed by atoms with Crippen molar-refractivity contribution < 1.29 is 14.2 Å². The molecule has 0 spiro atoms. The van der Waals surface area contributed by atoms with Crippen LogP contribution in [0.15, 0.2) is 12.1 Å². The fourth-order valence-electron chi connectivity index (χ4n) is 2.60. The molecule has 0 atom stereocenters. The number of nitrogens with one attached hydrogen (secondary N) is 1. The zero-order chi connectivity index (χ0) is 13.9. The van der Waals surface area contributed by atoms with Crippen molar-refractivity contribution in [3.63, 3.8) is 0 Å². The number of rotatable bonds is 5.